The number of rotatable bonds is 7. The molecule has 11 heteroatoms. The molecule has 0 aliphatic heterocycles. The maximum atomic E-state index is 12.3. The van der Waals surface area contributed by atoms with Crippen molar-refractivity contribution in [3.8, 4) is 11.6 Å². The molecule has 0 saturated heterocycles. The van der Waals surface area contributed by atoms with Crippen molar-refractivity contribution in [2.24, 2.45) is 23.7 Å². The molecule has 1 fully saturated rings. The van der Waals surface area contributed by atoms with Crippen LogP contribution in [-0.2, 0) is 16.6 Å². The van der Waals surface area contributed by atoms with E-state index in [1.165, 1.54) is 20.2 Å². The third kappa shape index (κ3) is 5.14. The Morgan fingerprint density at radius 3 is 2.76 bits per heavy atom. The number of carbonyl (C=O) groups is 2. The summed E-state index contributed by atoms with van der Waals surface area (Å²) < 4.78 is 7.49. The molecule has 170 valence electrons. The van der Waals surface area contributed by atoms with Gasteiger partial charge in [-0.1, -0.05) is 0 Å². The number of anilines is 1. The van der Waals surface area contributed by atoms with Crippen LogP contribution in [0.4, 0.5) is 11.8 Å². The van der Waals surface area contributed by atoms with Crippen LogP contribution in [0.2, 0.25) is 0 Å². The second-order valence-corrected chi connectivity index (χ2v) is 7.62. The number of fused-ring (bicyclic) bond motifs is 1. The van der Waals surface area contributed by atoms with E-state index in [0.717, 1.165) is 12.8 Å². The third-order valence-corrected chi connectivity index (χ3v) is 4.96. The number of nitrogens with zero attached hydrogens (tertiary/aromatic N) is 5. The lowest BCUT2D eigenvalue weighted by atomic mass is 10.2. The molecule has 3 aromatic rings. The molecule has 0 bridgehead atoms. The molecule has 0 aromatic carbocycles. The minimum atomic E-state index is -0.352. The molecule has 4 rings (SSSR count). The van der Waals surface area contributed by atoms with E-state index in [-0.39, 0.29) is 17.5 Å². The van der Waals surface area contributed by atoms with Crippen LogP contribution in [0.3, 0.4) is 0 Å². The molecular weight excluding hydrogens is 424 g/mol. The van der Waals surface area contributed by atoms with Gasteiger partial charge in [0.25, 0.3) is 5.91 Å². The molecule has 1 saturated carbocycles. The van der Waals surface area contributed by atoms with Crippen molar-refractivity contribution < 1.29 is 14.3 Å². The first-order valence-electron chi connectivity index (χ1n) is 10.4. The standard InChI is InChI=1S/C22H24N8O3/c1-12(31)26-18-10-14(8-9-25-18)33-19-7-6-16-20(29-19)30(3)22(27-16)28-17(21(32)24-2)11-15(23)13-4-5-13/h6-11,13H,4-5,23H2,1-3H3,(H,24,32)(H,25,26,31). The van der Waals surface area contributed by atoms with Gasteiger partial charge in [-0.15, -0.1) is 0 Å². The number of amides is 2. The molecule has 11 nitrogen and oxygen atoms in total. The normalized spacial score (nSPS) is 14.3. The minimum Gasteiger partial charge on any atom is -0.439 e. The lowest BCUT2D eigenvalue weighted by molar-refractivity contribution is -0.115. The molecule has 0 spiro atoms. The number of imidazole rings is 1. The molecule has 33 heavy (non-hydrogen) atoms. The van der Waals surface area contributed by atoms with E-state index in [2.05, 4.69) is 30.6 Å². The van der Waals surface area contributed by atoms with Gasteiger partial charge in [0, 0.05) is 45.0 Å². The van der Waals surface area contributed by atoms with Gasteiger partial charge in [0.05, 0.1) is 0 Å². The number of hydrogen-bond acceptors (Lipinski definition) is 8. The number of ether oxygens (including phenoxy) is 1. The van der Waals surface area contributed by atoms with E-state index in [1.807, 2.05) is 0 Å². The van der Waals surface area contributed by atoms with Crippen LogP contribution < -0.4 is 21.1 Å². The summed E-state index contributed by atoms with van der Waals surface area (Å²) in [6, 6.07) is 6.67. The summed E-state index contributed by atoms with van der Waals surface area (Å²) in [7, 11) is 3.29. The van der Waals surface area contributed by atoms with E-state index in [1.54, 1.807) is 42.0 Å². The summed E-state index contributed by atoms with van der Waals surface area (Å²) in [4.78, 5) is 41.1. The van der Waals surface area contributed by atoms with Crippen LogP contribution >= 0.6 is 0 Å². The van der Waals surface area contributed by atoms with Crippen molar-refractivity contribution in [3.63, 3.8) is 0 Å². The molecule has 0 atom stereocenters. The zero-order valence-electron chi connectivity index (χ0n) is 18.5. The van der Waals surface area contributed by atoms with Crippen molar-refractivity contribution in [1.82, 2.24) is 24.8 Å². The van der Waals surface area contributed by atoms with Gasteiger partial charge in [0.15, 0.2) is 5.65 Å². The molecule has 1 aliphatic carbocycles. The van der Waals surface area contributed by atoms with E-state index in [4.69, 9.17) is 10.5 Å². The first-order valence-corrected chi connectivity index (χ1v) is 10.4. The summed E-state index contributed by atoms with van der Waals surface area (Å²) in [5, 5.41) is 5.19. The van der Waals surface area contributed by atoms with Crippen molar-refractivity contribution in [3.05, 3.63) is 42.2 Å². The molecule has 0 radical (unpaired) electrons. The Bertz CT molecular complexity index is 1290. The smallest absolute Gasteiger partial charge is 0.269 e. The van der Waals surface area contributed by atoms with Crippen LogP contribution in [0.1, 0.15) is 19.8 Å². The summed E-state index contributed by atoms with van der Waals surface area (Å²) >= 11 is 0. The highest BCUT2D eigenvalue weighted by atomic mass is 16.5. The number of pyridine rings is 2. The highest BCUT2D eigenvalue weighted by Crippen LogP contribution is 2.33. The van der Waals surface area contributed by atoms with Gasteiger partial charge in [0.1, 0.15) is 22.8 Å². The van der Waals surface area contributed by atoms with Crippen LogP contribution in [0.25, 0.3) is 11.2 Å². The minimum absolute atomic E-state index is 0.180. The molecular formula is C22H24N8O3. The van der Waals surface area contributed by atoms with Gasteiger partial charge in [-0.05, 0) is 37.0 Å². The van der Waals surface area contributed by atoms with Crippen LogP contribution in [0, 0.1) is 5.92 Å². The van der Waals surface area contributed by atoms with Crippen molar-refractivity contribution in [2.45, 2.75) is 19.8 Å². The Kier molecular flexibility index (Phi) is 6.03. The fraction of sp³-hybridized carbons (Fsp3) is 0.273. The first kappa shape index (κ1) is 21.9. The topological polar surface area (TPSA) is 149 Å². The zero-order valence-corrected chi connectivity index (χ0v) is 18.5. The lowest BCUT2D eigenvalue weighted by Gasteiger charge is -2.07. The first-order chi connectivity index (χ1) is 15.8. The highest BCUT2D eigenvalue weighted by Gasteiger charge is 2.25. The Morgan fingerprint density at radius 2 is 2.06 bits per heavy atom. The van der Waals surface area contributed by atoms with Gasteiger partial charge in [-0.3, -0.25) is 14.2 Å². The number of allylic oxidation sites excluding steroid dienone is 1. The molecule has 3 aromatic heterocycles. The second kappa shape index (κ2) is 9.07. The SMILES string of the molecule is CNC(=O)C(C=C(N)C1CC1)=Nc1nc2ccc(Oc3ccnc(NC(C)=O)c3)nc2n1C. The van der Waals surface area contributed by atoms with Gasteiger partial charge >= 0.3 is 0 Å². The summed E-state index contributed by atoms with van der Waals surface area (Å²) in [5.41, 5.74) is 8.02. The van der Waals surface area contributed by atoms with Gasteiger partial charge < -0.3 is 21.1 Å². The Balaban J connectivity index is 1.64. The monoisotopic (exact) mass is 448 g/mol. The predicted octanol–water partition coefficient (Wildman–Crippen LogP) is 2.19. The van der Waals surface area contributed by atoms with Crippen molar-refractivity contribution in [1.29, 1.82) is 0 Å². The van der Waals surface area contributed by atoms with Crippen molar-refractivity contribution in [2.75, 3.05) is 12.4 Å². The fourth-order valence-electron chi connectivity index (χ4n) is 3.11. The molecule has 3 heterocycles. The largest absolute Gasteiger partial charge is 0.439 e. The van der Waals surface area contributed by atoms with E-state index in [0.29, 0.717) is 46.2 Å². The van der Waals surface area contributed by atoms with Crippen LogP contribution in [0.5, 0.6) is 11.6 Å². The predicted molar refractivity (Wildman–Crippen MR) is 123 cm³/mol. The Hall–Kier alpha value is -4.28. The number of carbonyl (C=O) groups excluding carboxylic acids is 2. The number of hydrogen-bond donors (Lipinski definition) is 3. The maximum absolute atomic E-state index is 12.3. The highest BCUT2D eigenvalue weighted by molar-refractivity contribution is 6.43. The number of aromatic nitrogens is 4. The molecule has 0 unspecified atom stereocenters. The summed E-state index contributed by atoms with van der Waals surface area (Å²) in [6.07, 6.45) is 5.17. The second-order valence-electron chi connectivity index (χ2n) is 7.62. The maximum Gasteiger partial charge on any atom is 0.269 e. The fourth-order valence-corrected chi connectivity index (χ4v) is 3.11. The number of nitrogens with one attached hydrogen (secondary N) is 2. The van der Waals surface area contributed by atoms with E-state index < -0.39 is 0 Å². The van der Waals surface area contributed by atoms with Crippen LogP contribution in [0.15, 0.2) is 47.2 Å². The average Bonchev–Trinajstić information content (AvgIpc) is 3.59. The molecule has 4 N–H and O–H groups in total. The zero-order chi connectivity index (χ0) is 23.5. The van der Waals surface area contributed by atoms with E-state index >= 15 is 0 Å². The van der Waals surface area contributed by atoms with Gasteiger partial charge in [0.2, 0.25) is 17.7 Å². The summed E-state index contributed by atoms with van der Waals surface area (Å²) in [5.74, 6) is 1.20. The van der Waals surface area contributed by atoms with Gasteiger partial charge in [-0.25, -0.2) is 15.0 Å². The van der Waals surface area contributed by atoms with Gasteiger partial charge in [-0.2, -0.15) is 4.98 Å². The summed E-state index contributed by atoms with van der Waals surface area (Å²) in [6.45, 7) is 1.40. The number of nitrogens with two attached hydrogens (primary N) is 1. The van der Waals surface area contributed by atoms with Crippen molar-refractivity contribution >= 4 is 40.5 Å². The Labute approximate surface area is 189 Å². The number of aryl methyl sites for hydroxylation is 1. The quantitative estimate of drug-likeness (QED) is 0.469. The molecule has 1 aliphatic rings. The third-order valence-electron chi connectivity index (χ3n) is 4.96. The van der Waals surface area contributed by atoms with Crippen LogP contribution in [-0.4, -0.2) is 44.1 Å². The Morgan fingerprint density at radius 1 is 1.27 bits per heavy atom. The molecule has 2 amide bonds. The van der Waals surface area contributed by atoms with E-state index in [9.17, 15) is 9.59 Å². The lowest BCUT2D eigenvalue weighted by Crippen LogP contribution is -2.27. The number of aliphatic imine (C=N–C) groups is 1. The average molecular weight is 448 g/mol.